The molecule has 0 spiro atoms. The molecule has 0 amide bonds. The molecule has 0 fully saturated rings. The highest BCUT2D eigenvalue weighted by Gasteiger charge is 2.28. The van der Waals surface area contributed by atoms with Crippen molar-refractivity contribution in [1.82, 2.24) is 14.7 Å². The molecule has 1 aliphatic carbocycles. The van der Waals surface area contributed by atoms with E-state index in [1.165, 1.54) is 19.3 Å². The second kappa shape index (κ2) is 7.60. The fourth-order valence-electron chi connectivity index (χ4n) is 4.49. The highest BCUT2D eigenvalue weighted by molar-refractivity contribution is 5.22. The third kappa shape index (κ3) is 4.15. The van der Waals surface area contributed by atoms with E-state index in [9.17, 15) is 5.11 Å². The average molecular weight is 348 g/mol. The maximum atomic E-state index is 9.83. The van der Waals surface area contributed by atoms with Gasteiger partial charge >= 0.3 is 0 Å². The van der Waals surface area contributed by atoms with Crippen LogP contribution in [0.4, 0.5) is 0 Å². The van der Waals surface area contributed by atoms with Crippen LogP contribution >= 0.6 is 0 Å². The zero-order valence-corrected chi connectivity index (χ0v) is 16.0. The minimum atomic E-state index is -0.872. The van der Waals surface area contributed by atoms with Gasteiger partial charge in [-0.15, -0.1) is 0 Å². The molecule has 5 nitrogen and oxygen atoms in total. The Morgan fingerprint density at radius 1 is 1.28 bits per heavy atom. The number of allylic oxidation sites excluding steroid dienone is 1. The Balaban J connectivity index is 1.67. The van der Waals surface area contributed by atoms with E-state index in [1.54, 1.807) is 11.1 Å². The lowest BCUT2D eigenvalue weighted by Crippen LogP contribution is -2.28. The van der Waals surface area contributed by atoms with Gasteiger partial charge in [0.25, 0.3) is 0 Å². The zero-order valence-electron chi connectivity index (χ0n) is 16.0. The van der Waals surface area contributed by atoms with Crippen molar-refractivity contribution in [2.75, 3.05) is 19.7 Å². The molecule has 5 heteroatoms. The first kappa shape index (κ1) is 18.6. The molecule has 25 heavy (non-hydrogen) atoms. The predicted molar refractivity (Wildman–Crippen MR) is 99.1 cm³/mol. The summed E-state index contributed by atoms with van der Waals surface area (Å²) in [6.45, 7) is 10.8. The number of hydrogen-bond donors (Lipinski definition) is 2. The molecule has 1 aliphatic heterocycles. The van der Waals surface area contributed by atoms with Gasteiger partial charge in [0.15, 0.2) is 0 Å². The minimum Gasteiger partial charge on any atom is -0.393 e. The number of rotatable bonds is 5. The van der Waals surface area contributed by atoms with Gasteiger partial charge < -0.3 is 10.2 Å². The molecule has 3 rings (SSSR count). The Bertz CT molecular complexity index is 633. The number of nitrogens with zero attached hydrogens (tertiary/aromatic N) is 3. The normalized spacial score (nSPS) is 22.6. The number of fused-ring (bicyclic) bond motifs is 1. The van der Waals surface area contributed by atoms with Gasteiger partial charge in [0.1, 0.15) is 6.10 Å². The highest BCUT2D eigenvalue weighted by atomic mass is 16.3. The first-order valence-corrected chi connectivity index (χ1v) is 9.68. The fraction of sp³-hybridized carbons (Fsp3) is 0.750. The van der Waals surface area contributed by atoms with E-state index >= 15 is 0 Å². The van der Waals surface area contributed by atoms with E-state index in [0.29, 0.717) is 11.1 Å². The molecule has 2 N–H and O–H groups in total. The first-order valence-electron chi connectivity index (χ1n) is 9.68. The summed E-state index contributed by atoms with van der Waals surface area (Å²) in [6, 6.07) is 1.95. The van der Waals surface area contributed by atoms with Crippen molar-refractivity contribution in [2.24, 2.45) is 5.41 Å². The molecule has 0 aromatic carbocycles. The third-order valence-electron chi connectivity index (χ3n) is 5.99. The monoisotopic (exact) mass is 347 g/mol. The molecule has 0 unspecified atom stereocenters. The van der Waals surface area contributed by atoms with Crippen molar-refractivity contribution in [2.45, 2.75) is 72.1 Å². The maximum Gasteiger partial charge on any atom is 0.121 e. The molecule has 0 bridgehead atoms. The van der Waals surface area contributed by atoms with Gasteiger partial charge in [-0.25, -0.2) is 0 Å². The Kier molecular flexibility index (Phi) is 5.66. The lowest BCUT2D eigenvalue weighted by atomic mass is 9.71. The van der Waals surface area contributed by atoms with Crippen LogP contribution < -0.4 is 0 Å². The average Bonchev–Trinajstić information content (AvgIpc) is 2.86. The van der Waals surface area contributed by atoms with Crippen LogP contribution in [0.15, 0.2) is 17.2 Å². The largest absolute Gasteiger partial charge is 0.393 e. The first-order chi connectivity index (χ1) is 11.9. The van der Waals surface area contributed by atoms with Crippen LogP contribution in [0.3, 0.4) is 0 Å². The Hall–Kier alpha value is -1.17. The van der Waals surface area contributed by atoms with Gasteiger partial charge in [-0.1, -0.05) is 25.0 Å². The Morgan fingerprint density at radius 2 is 2.08 bits per heavy atom. The molecule has 1 atom stereocenters. The van der Waals surface area contributed by atoms with Crippen LogP contribution in [-0.2, 0) is 13.1 Å². The highest BCUT2D eigenvalue weighted by Crippen LogP contribution is 2.41. The van der Waals surface area contributed by atoms with Crippen LogP contribution in [0, 0.1) is 5.41 Å². The van der Waals surface area contributed by atoms with E-state index in [0.717, 1.165) is 44.7 Å². The molecule has 0 saturated heterocycles. The molecule has 140 valence electrons. The number of aromatic nitrogens is 2. The second-order valence-corrected chi connectivity index (χ2v) is 8.36. The molecule has 0 saturated carbocycles. The van der Waals surface area contributed by atoms with Crippen LogP contribution in [0.5, 0.6) is 0 Å². The summed E-state index contributed by atoms with van der Waals surface area (Å²) in [5.74, 6) is 0. The summed E-state index contributed by atoms with van der Waals surface area (Å²) in [7, 11) is 0. The number of aryl methyl sites for hydroxylation is 1. The predicted octanol–water partition coefficient (Wildman–Crippen LogP) is 3.03. The topological polar surface area (TPSA) is 61.5 Å². The van der Waals surface area contributed by atoms with Gasteiger partial charge in [0.2, 0.25) is 0 Å². The second-order valence-electron chi connectivity index (χ2n) is 8.36. The van der Waals surface area contributed by atoms with Crippen molar-refractivity contribution >= 4 is 0 Å². The van der Waals surface area contributed by atoms with Crippen molar-refractivity contribution < 1.29 is 10.2 Å². The van der Waals surface area contributed by atoms with E-state index in [4.69, 9.17) is 5.11 Å². The summed E-state index contributed by atoms with van der Waals surface area (Å²) in [5, 5.41) is 23.4. The minimum absolute atomic E-state index is 0.275. The lowest BCUT2D eigenvalue weighted by molar-refractivity contribution is 0.0916. The molecule has 2 aliphatic rings. The summed E-state index contributed by atoms with van der Waals surface area (Å²) in [4.78, 5) is 2.51. The van der Waals surface area contributed by atoms with Crippen molar-refractivity contribution in [3.8, 4) is 0 Å². The Labute approximate surface area is 151 Å². The van der Waals surface area contributed by atoms with E-state index in [2.05, 4.69) is 30.8 Å². The molecular formula is C20H33N3O2. The summed E-state index contributed by atoms with van der Waals surface area (Å²) in [6.07, 6.45) is 5.23. The van der Waals surface area contributed by atoms with Gasteiger partial charge in [-0.2, -0.15) is 5.10 Å². The molecular weight excluding hydrogens is 314 g/mol. The van der Waals surface area contributed by atoms with Crippen LogP contribution in [0.25, 0.3) is 0 Å². The summed E-state index contributed by atoms with van der Waals surface area (Å²) in [5.41, 5.74) is 5.34. The lowest BCUT2D eigenvalue weighted by Gasteiger charge is -2.35. The zero-order chi connectivity index (χ0) is 18.0. The molecule has 1 aromatic heterocycles. The number of aliphatic hydroxyl groups excluding tert-OH is 2. The maximum absolute atomic E-state index is 9.83. The number of hydrogen-bond acceptors (Lipinski definition) is 4. The SMILES string of the molecule is CC1=C(CCN2CCCn3nc([C@@H](O)CO)cc3C2)C(C)(C)CCC1. The smallest absolute Gasteiger partial charge is 0.121 e. The summed E-state index contributed by atoms with van der Waals surface area (Å²) < 4.78 is 2.00. The number of aliphatic hydroxyl groups is 2. The van der Waals surface area contributed by atoms with E-state index in [-0.39, 0.29) is 6.61 Å². The van der Waals surface area contributed by atoms with Gasteiger partial charge in [0.05, 0.1) is 18.0 Å². The van der Waals surface area contributed by atoms with Crippen LogP contribution in [0.2, 0.25) is 0 Å². The third-order valence-corrected chi connectivity index (χ3v) is 5.99. The quantitative estimate of drug-likeness (QED) is 0.804. The Morgan fingerprint density at radius 3 is 2.80 bits per heavy atom. The van der Waals surface area contributed by atoms with Gasteiger partial charge in [-0.05, 0) is 50.5 Å². The molecule has 0 radical (unpaired) electrons. The van der Waals surface area contributed by atoms with E-state index < -0.39 is 6.10 Å². The standard InChI is InChI=1S/C20H33N3O2/c1-15-6-4-8-20(2,3)17(15)7-11-22-9-5-10-23-16(13-22)12-18(21-23)19(25)14-24/h12,19,24-25H,4-11,13-14H2,1-3H3/t19-/m0/s1. The van der Waals surface area contributed by atoms with Crippen molar-refractivity contribution in [3.05, 3.63) is 28.6 Å². The van der Waals surface area contributed by atoms with Crippen molar-refractivity contribution in [3.63, 3.8) is 0 Å². The van der Waals surface area contributed by atoms with Crippen LogP contribution in [0.1, 0.15) is 70.4 Å². The fourth-order valence-corrected chi connectivity index (χ4v) is 4.49. The summed E-state index contributed by atoms with van der Waals surface area (Å²) >= 11 is 0. The van der Waals surface area contributed by atoms with Gasteiger partial charge in [-0.3, -0.25) is 9.58 Å². The molecule has 2 heterocycles. The van der Waals surface area contributed by atoms with E-state index in [1.807, 2.05) is 10.7 Å². The van der Waals surface area contributed by atoms with Crippen LogP contribution in [-0.4, -0.2) is 44.6 Å². The van der Waals surface area contributed by atoms with Gasteiger partial charge in [0, 0.05) is 26.2 Å². The molecule has 1 aromatic rings. The van der Waals surface area contributed by atoms with Crippen molar-refractivity contribution in [1.29, 1.82) is 0 Å².